The highest BCUT2D eigenvalue weighted by Gasteiger charge is 2.13. The summed E-state index contributed by atoms with van der Waals surface area (Å²) in [6.45, 7) is 0. The minimum Gasteiger partial charge on any atom is -0.313 e. The molecule has 1 N–H and O–H groups in total. The van der Waals surface area contributed by atoms with Crippen molar-refractivity contribution in [1.82, 2.24) is 10.3 Å². The SMILES string of the molecule is CNC(Cc1cncc(Br)c1)c1ccccc1Br. The molecule has 0 spiro atoms. The number of benzene rings is 1. The summed E-state index contributed by atoms with van der Waals surface area (Å²) in [4.78, 5) is 4.20. The van der Waals surface area contributed by atoms with Gasteiger partial charge in [0.15, 0.2) is 0 Å². The van der Waals surface area contributed by atoms with E-state index in [9.17, 15) is 0 Å². The highest BCUT2D eigenvalue weighted by molar-refractivity contribution is 9.10. The van der Waals surface area contributed by atoms with Gasteiger partial charge in [0.2, 0.25) is 0 Å². The van der Waals surface area contributed by atoms with Crippen LogP contribution in [0.4, 0.5) is 0 Å². The third-order valence-corrected chi connectivity index (χ3v) is 3.99. The van der Waals surface area contributed by atoms with E-state index in [1.165, 1.54) is 11.1 Å². The molecule has 0 fully saturated rings. The molecule has 0 aliphatic carbocycles. The fraction of sp³-hybridized carbons (Fsp3) is 0.214. The Morgan fingerprint density at radius 3 is 2.67 bits per heavy atom. The number of hydrogen-bond donors (Lipinski definition) is 1. The lowest BCUT2D eigenvalue weighted by Crippen LogP contribution is -2.19. The van der Waals surface area contributed by atoms with Gasteiger partial charge in [0.1, 0.15) is 0 Å². The quantitative estimate of drug-likeness (QED) is 0.877. The van der Waals surface area contributed by atoms with Crippen molar-refractivity contribution in [2.24, 2.45) is 0 Å². The molecule has 1 atom stereocenters. The van der Waals surface area contributed by atoms with Crippen LogP contribution in [-0.4, -0.2) is 12.0 Å². The van der Waals surface area contributed by atoms with Crippen molar-refractivity contribution < 1.29 is 0 Å². The number of likely N-dealkylation sites (N-methyl/N-ethyl adjacent to an activating group) is 1. The Kier molecular flexibility index (Phi) is 4.92. The molecule has 0 aliphatic rings. The number of halogens is 2. The first-order valence-electron chi connectivity index (χ1n) is 5.72. The van der Waals surface area contributed by atoms with Gasteiger partial charge in [-0.2, -0.15) is 0 Å². The number of nitrogens with zero attached hydrogens (tertiary/aromatic N) is 1. The normalized spacial score (nSPS) is 12.4. The fourth-order valence-corrected chi connectivity index (χ4v) is 2.90. The molecule has 0 radical (unpaired) electrons. The second-order valence-electron chi connectivity index (χ2n) is 4.08. The summed E-state index contributed by atoms with van der Waals surface area (Å²) in [5, 5.41) is 3.35. The summed E-state index contributed by atoms with van der Waals surface area (Å²) in [6, 6.07) is 10.7. The van der Waals surface area contributed by atoms with Crippen LogP contribution in [0.25, 0.3) is 0 Å². The molecule has 2 aromatic rings. The van der Waals surface area contributed by atoms with E-state index in [-0.39, 0.29) is 6.04 Å². The Hall–Kier alpha value is -0.710. The molecule has 0 aliphatic heterocycles. The minimum absolute atomic E-state index is 0.275. The molecule has 4 heteroatoms. The van der Waals surface area contributed by atoms with E-state index in [2.05, 4.69) is 66.4 Å². The van der Waals surface area contributed by atoms with Gasteiger partial charge in [-0.15, -0.1) is 0 Å². The number of aromatic nitrogens is 1. The lowest BCUT2D eigenvalue weighted by molar-refractivity contribution is 0.588. The summed E-state index contributed by atoms with van der Waals surface area (Å²) in [5.74, 6) is 0. The number of pyridine rings is 1. The van der Waals surface area contributed by atoms with Crippen molar-refractivity contribution in [2.45, 2.75) is 12.5 Å². The van der Waals surface area contributed by atoms with Crippen molar-refractivity contribution in [3.63, 3.8) is 0 Å². The first-order chi connectivity index (χ1) is 8.70. The standard InChI is InChI=1S/C14H14Br2N2/c1-17-14(12-4-2-3-5-13(12)16)7-10-6-11(15)9-18-8-10/h2-6,8-9,14,17H,7H2,1H3. The van der Waals surface area contributed by atoms with Gasteiger partial charge in [0.25, 0.3) is 0 Å². The monoisotopic (exact) mass is 368 g/mol. The zero-order valence-electron chi connectivity index (χ0n) is 10.0. The Labute approximate surface area is 124 Å². The Balaban J connectivity index is 2.23. The predicted octanol–water partition coefficient (Wildman–Crippen LogP) is 4.11. The molecule has 1 heterocycles. The van der Waals surface area contributed by atoms with Gasteiger partial charge in [-0.3, -0.25) is 4.98 Å². The van der Waals surface area contributed by atoms with Crippen molar-refractivity contribution in [2.75, 3.05) is 7.05 Å². The Morgan fingerprint density at radius 2 is 2.00 bits per heavy atom. The van der Waals surface area contributed by atoms with Crippen molar-refractivity contribution in [1.29, 1.82) is 0 Å². The molecule has 0 bridgehead atoms. The molecule has 94 valence electrons. The zero-order chi connectivity index (χ0) is 13.0. The zero-order valence-corrected chi connectivity index (χ0v) is 13.2. The minimum atomic E-state index is 0.275. The van der Waals surface area contributed by atoms with Crippen molar-refractivity contribution in [3.8, 4) is 0 Å². The van der Waals surface area contributed by atoms with E-state index in [0.717, 1.165) is 15.4 Å². The molecule has 2 rings (SSSR count). The summed E-state index contributed by atoms with van der Waals surface area (Å²) in [5.41, 5.74) is 2.47. The van der Waals surface area contributed by atoms with E-state index >= 15 is 0 Å². The Morgan fingerprint density at radius 1 is 1.22 bits per heavy atom. The first kappa shape index (κ1) is 13.7. The van der Waals surface area contributed by atoms with Gasteiger partial charge in [-0.1, -0.05) is 34.1 Å². The van der Waals surface area contributed by atoms with Gasteiger partial charge in [-0.25, -0.2) is 0 Å². The second kappa shape index (κ2) is 6.45. The lowest BCUT2D eigenvalue weighted by atomic mass is 10.0. The molecule has 0 saturated heterocycles. The third-order valence-electron chi connectivity index (χ3n) is 2.83. The van der Waals surface area contributed by atoms with Crippen molar-refractivity contribution in [3.05, 3.63) is 62.8 Å². The summed E-state index contributed by atoms with van der Waals surface area (Å²) in [7, 11) is 1.98. The maximum Gasteiger partial charge on any atom is 0.0410 e. The third kappa shape index (κ3) is 3.40. The molecular formula is C14H14Br2N2. The van der Waals surface area contributed by atoms with Crippen LogP contribution in [0.2, 0.25) is 0 Å². The van der Waals surface area contributed by atoms with Crippen LogP contribution in [-0.2, 0) is 6.42 Å². The average Bonchev–Trinajstić information content (AvgIpc) is 2.37. The van der Waals surface area contributed by atoms with E-state index in [1.54, 1.807) is 6.20 Å². The van der Waals surface area contributed by atoms with E-state index in [0.29, 0.717) is 0 Å². The maximum atomic E-state index is 4.20. The van der Waals surface area contributed by atoms with Crippen molar-refractivity contribution >= 4 is 31.9 Å². The molecule has 0 amide bonds. The second-order valence-corrected chi connectivity index (χ2v) is 5.85. The molecule has 1 unspecified atom stereocenters. The van der Waals surface area contributed by atoms with Crippen LogP contribution in [0, 0.1) is 0 Å². The highest BCUT2D eigenvalue weighted by Crippen LogP contribution is 2.26. The highest BCUT2D eigenvalue weighted by atomic mass is 79.9. The average molecular weight is 370 g/mol. The number of rotatable bonds is 4. The topological polar surface area (TPSA) is 24.9 Å². The van der Waals surface area contributed by atoms with E-state index in [4.69, 9.17) is 0 Å². The van der Waals surface area contributed by atoms with Gasteiger partial charge < -0.3 is 5.32 Å². The van der Waals surface area contributed by atoms with Gasteiger partial charge in [0.05, 0.1) is 0 Å². The summed E-state index contributed by atoms with van der Waals surface area (Å²) in [6.07, 6.45) is 4.62. The number of nitrogens with one attached hydrogen (secondary N) is 1. The molecule has 1 aromatic heterocycles. The first-order valence-corrected chi connectivity index (χ1v) is 7.30. The summed E-state index contributed by atoms with van der Waals surface area (Å²) < 4.78 is 2.15. The van der Waals surface area contributed by atoms with Gasteiger partial charge >= 0.3 is 0 Å². The smallest absolute Gasteiger partial charge is 0.0410 e. The van der Waals surface area contributed by atoms with Crippen LogP contribution >= 0.6 is 31.9 Å². The van der Waals surface area contributed by atoms with Crippen LogP contribution in [0.1, 0.15) is 17.2 Å². The van der Waals surface area contributed by atoms with Crippen LogP contribution in [0.5, 0.6) is 0 Å². The largest absolute Gasteiger partial charge is 0.313 e. The van der Waals surface area contributed by atoms with Crippen LogP contribution in [0.15, 0.2) is 51.7 Å². The molecule has 1 aromatic carbocycles. The van der Waals surface area contributed by atoms with Crippen LogP contribution in [0.3, 0.4) is 0 Å². The Bertz CT molecular complexity index is 529. The maximum absolute atomic E-state index is 4.20. The van der Waals surface area contributed by atoms with E-state index in [1.807, 2.05) is 19.3 Å². The van der Waals surface area contributed by atoms with Gasteiger partial charge in [-0.05, 0) is 52.7 Å². The van der Waals surface area contributed by atoms with E-state index < -0.39 is 0 Å². The number of hydrogen-bond acceptors (Lipinski definition) is 2. The molecule has 2 nitrogen and oxygen atoms in total. The molecule has 0 saturated carbocycles. The van der Waals surface area contributed by atoms with Crippen LogP contribution < -0.4 is 5.32 Å². The molecule has 18 heavy (non-hydrogen) atoms. The predicted molar refractivity (Wildman–Crippen MR) is 81.6 cm³/mol. The molecular weight excluding hydrogens is 356 g/mol. The lowest BCUT2D eigenvalue weighted by Gasteiger charge is -2.18. The fourth-order valence-electron chi connectivity index (χ4n) is 1.93. The summed E-state index contributed by atoms with van der Waals surface area (Å²) >= 11 is 7.05. The van der Waals surface area contributed by atoms with Gasteiger partial charge in [0, 0.05) is 27.4 Å².